The Morgan fingerprint density at radius 3 is 2.45 bits per heavy atom. The molecule has 1 saturated heterocycles. The van der Waals surface area contributed by atoms with Crippen LogP contribution >= 0.6 is 23.2 Å². The number of piperazine rings is 1. The summed E-state index contributed by atoms with van der Waals surface area (Å²) in [7, 11) is 0. The van der Waals surface area contributed by atoms with Gasteiger partial charge in [0.25, 0.3) is 5.91 Å². The van der Waals surface area contributed by atoms with E-state index in [9.17, 15) is 23.7 Å². The minimum Gasteiger partial charge on any atom is -0.427 e. The van der Waals surface area contributed by atoms with E-state index in [-0.39, 0.29) is 16.0 Å². The van der Waals surface area contributed by atoms with E-state index < -0.39 is 23.0 Å². The van der Waals surface area contributed by atoms with Crippen molar-refractivity contribution in [3.8, 4) is 5.75 Å². The minimum atomic E-state index is -3.18. The van der Waals surface area contributed by atoms with Crippen LogP contribution in [0.1, 0.15) is 10.4 Å². The number of anilines is 1. The summed E-state index contributed by atoms with van der Waals surface area (Å²) < 4.78 is 29.4. The summed E-state index contributed by atoms with van der Waals surface area (Å²) in [5, 5.41) is 11.5. The summed E-state index contributed by atoms with van der Waals surface area (Å²) >= 11 is 12.1. The maximum atomic E-state index is 12.7. The Kier molecular flexibility index (Phi) is 6.39. The zero-order chi connectivity index (χ0) is 21.1. The number of rotatable bonds is 5. The van der Waals surface area contributed by atoms with Gasteiger partial charge < -0.3 is 14.5 Å². The number of carbonyl (C=O) groups excluding carboxylic acids is 1. The summed E-state index contributed by atoms with van der Waals surface area (Å²) in [6, 6.07) is 8.60. The molecular formula is C18H15Cl2F2N3O4. The van der Waals surface area contributed by atoms with Gasteiger partial charge in [0.15, 0.2) is 0 Å². The predicted octanol–water partition coefficient (Wildman–Crippen LogP) is 4.47. The van der Waals surface area contributed by atoms with E-state index in [0.717, 1.165) is 6.07 Å². The van der Waals surface area contributed by atoms with Gasteiger partial charge in [-0.25, -0.2) is 0 Å². The molecule has 1 aliphatic rings. The molecule has 3 rings (SSSR count). The lowest BCUT2D eigenvalue weighted by molar-refractivity contribution is -0.386. The Hall–Kier alpha value is -2.65. The van der Waals surface area contributed by atoms with Crippen molar-refractivity contribution in [3.63, 3.8) is 0 Å². The highest BCUT2D eigenvalue weighted by Gasteiger charge is 2.26. The third-order valence-corrected chi connectivity index (χ3v) is 5.29. The number of nitro benzene ring substituents is 1. The molecule has 0 atom stereocenters. The Morgan fingerprint density at radius 2 is 1.83 bits per heavy atom. The van der Waals surface area contributed by atoms with E-state index in [1.807, 2.05) is 4.90 Å². The molecule has 2 aromatic rings. The number of hydrogen-bond acceptors (Lipinski definition) is 5. The fraction of sp³-hybridized carbons (Fsp3) is 0.278. The number of ether oxygens (including phenoxy) is 1. The second-order valence-electron chi connectivity index (χ2n) is 6.17. The van der Waals surface area contributed by atoms with Crippen molar-refractivity contribution in [1.29, 1.82) is 0 Å². The zero-order valence-electron chi connectivity index (χ0n) is 14.9. The predicted molar refractivity (Wildman–Crippen MR) is 104 cm³/mol. The van der Waals surface area contributed by atoms with Gasteiger partial charge in [-0.2, -0.15) is 8.78 Å². The van der Waals surface area contributed by atoms with Gasteiger partial charge in [-0.1, -0.05) is 29.3 Å². The smallest absolute Gasteiger partial charge is 0.387 e. The van der Waals surface area contributed by atoms with Crippen LogP contribution in [0.4, 0.5) is 20.2 Å². The van der Waals surface area contributed by atoms with E-state index in [2.05, 4.69) is 4.74 Å². The average Bonchev–Trinajstić information content (AvgIpc) is 2.69. The molecule has 0 aromatic heterocycles. The Morgan fingerprint density at radius 1 is 1.14 bits per heavy atom. The number of nitrogens with zero attached hydrogens (tertiary/aromatic N) is 3. The fourth-order valence-corrected chi connectivity index (χ4v) is 3.43. The zero-order valence-corrected chi connectivity index (χ0v) is 16.4. The first-order chi connectivity index (χ1) is 13.8. The lowest BCUT2D eigenvalue weighted by Gasteiger charge is -2.36. The van der Waals surface area contributed by atoms with Gasteiger partial charge in [-0.3, -0.25) is 14.9 Å². The quantitative estimate of drug-likeness (QED) is 0.501. The number of nitro groups is 1. The van der Waals surface area contributed by atoms with Gasteiger partial charge in [-0.05, 0) is 18.2 Å². The van der Waals surface area contributed by atoms with Crippen LogP contribution in [0.5, 0.6) is 5.75 Å². The number of alkyl halides is 2. The fourth-order valence-electron chi connectivity index (χ4n) is 3.05. The van der Waals surface area contributed by atoms with Crippen LogP contribution in [-0.4, -0.2) is 48.5 Å². The molecule has 1 heterocycles. The molecule has 7 nitrogen and oxygen atoms in total. The van der Waals surface area contributed by atoms with Crippen LogP contribution in [-0.2, 0) is 0 Å². The highest BCUT2D eigenvalue weighted by molar-refractivity contribution is 6.43. The number of amides is 1. The molecule has 1 fully saturated rings. The Labute approximate surface area is 174 Å². The molecule has 1 aliphatic heterocycles. The molecular weight excluding hydrogens is 431 g/mol. The number of halogens is 4. The molecule has 11 heteroatoms. The molecule has 0 spiro atoms. The normalized spacial score (nSPS) is 14.2. The number of benzene rings is 2. The monoisotopic (exact) mass is 445 g/mol. The number of carbonyl (C=O) groups is 1. The second kappa shape index (κ2) is 8.79. The molecule has 0 radical (unpaired) electrons. The van der Waals surface area contributed by atoms with Crippen LogP contribution in [0.2, 0.25) is 10.0 Å². The Balaban J connectivity index is 1.73. The molecule has 2 aromatic carbocycles. The molecule has 29 heavy (non-hydrogen) atoms. The molecule has 1 amide bonds. The van der Waals surface area contributed by atoms with Gasteiger partial charge in [0.05, 0.1) is 20.5 Å². The van der Waals surface area contributed by atoms with Crippen LogP contribution in [0.25, 0.3) is 0 Å². The first-order valence-corrected chi connectivity index (χ1v) is 9.25. The van der Waals surface area contributed by atoms with E-state index >= 15 is 0 Å². The van der Waals surface area contributed by atoms with Crippen molar-refractivity contribution in [2.75, 3.05) is 31.1 Å². The molecule has 154 valence electrons. The van der Waals surface area contributed by atoms with Crippen molar-refractivity contribution in [3.05, 3.63) is 62.1 Å². The first kappa shape index (κ1) is 21.1. The summed E-state index contributed by atoms with van der Waals surface area (Å²) in [4.78, 5) is 26.3. The van der Waals surface area contributed by atoms with Gasteiger partial charge in [0.1, 0.15) is 0 Å². The maximum Gasteiger partial charge on any atom is 0.387 e. The van der Waals surface area contributed by atoms with Crippen molar-refractivity contribution < 1.29 is 23.2 Å². The van der Waals surface area contributed by atoms with Crippen molar-refractivity contribution in [2.45, 2.75) is 6.61 Å². The van der Waals surface area contributed by atoms with E-state index in [1.54, 1.807) is 23.1 Å². The second-order valence-corrected chi connectivity index (χ2v) is 6.95. The molecule has 0 N–H and O–H groups in total. The first-order valence-electron chi connectivity index (χ1n) is 8.49. The number of hydrogen-bond donors (Lipinski definition) is 0. The summed E-state index contributed by atoms with van der Waals surface area (Å²) in [6.45, 7) is -1.68. The largest absolute Gasteiger partial charge is 0.427 e. The lowest BCUT2D eigenvalue weighted by Crippen LogP contribution is -2.48. The summed E-state index contributed by atoms with van der Waals surface area (Å²) in [6.07, 6.45) is 0. The Bertz CT molecular complexity index is 937. The maximum absolute atomic E-state index is 12.7. The highest BCUT2D eigenvalue weighted by Crippen LogP contribution is 2.33. The van der Waals surface area contributed by atoms with Crippen molar-refractivity contribution in [2.24, 2.45) is 0 Å². The standard InChI is InChI=1S/C18H15Cl2F2N3O4/c19-13-3-1-2-12(16(13)20)17(26)24-8-6-23(7-9-24)11-4-5-14(25(27)28)15(10-11)29-18(21)22/h1-5,10,18H,6-9H2. The van der Waals surface area contributed by atoms with Gasteiger partial charge in [0.2, 0.25) is 5.75 Å². The lowest BCUT2D eigenvalue weighted by atomic mass is 10.1. The van der Waals surface area contributed by atoms with Crippen LogP contribution in [0.15, 0.2) is 36.4 Å². The van der Waals surface area contributed by atoms with Crippen LogP contribution in [0.3, 0.4) is 0 Å². The molecule has 0 saturated carbocycles. The average molecular weight is 446 g/mol. The third-order valence-electron chi connectivity index (χ3n) is 4.47. The van der Waals surface area contributed by atoms with Gasteiger partial charge in [-0.15, -0.1) is 0 Å². The third kappa shape index (κ3) is 4.68. The topological polar surface area (TPSA) is 75.9 Å². The van der Waals surface area contributed by atoms with Crippen molar-refractivity contribution in [1.82, 2.24) is 4.90 Å². The van der Waals surface area contributed by atoms with Gasteiger partial charge >= 0.3 is 12.3 Å². The summed E-state index contributed by atoms with van der Waals surface area (Å²) in [5.74, 6) is -0.769. The van der Waals surface area contributed by atoms with E-state index in [1.165, 1.54) is 12.1 Å². The van der Waals surface area contributed by atoms with Crippen LogP contribution in [0, 0.1) is 10.1 Å². The minimum absolute atomic E-state index is 0.186. The van der Waals surface area contributed by atoms with Crippen molar-refractivity contribution >= 4 is 40.5 Å². The van der Waals surface area contributed by atoms with Crippen LogP contribution < -0.4 is 9.64 Å². The molecule has 0 bridgehead atoms. The summed E-state index contributed by atoms with van der Waals surface area (Å²) in [5.41, 5.74) is 0.244. The highest BCUT2D eigenvalue weighted by atomic mass is 35.5. The molecule has 0 aliphatic carbocycles. The van der Waals surface area contributed by atoms with E-state index in [4.69, 9.17) is 23.2 Å². The van der Waals surface area contributed by atoms with Gasteiger partial charge in [0, 0.05) is 44.0 Å². The molecule has 0 unspecified atom stereocenters. The van der Waals surface area contributed by atoms with E-state index in [0.29, 0.717) is 37.4 Å². The SMILES string of the molecule is O=C(c1cccc(Cl)c1Cl)N1CCN(c2ccc([N+](=O)[O-])c(OC(F)F)c2)CC1.